The zero-order chi connectivity index (χ0) is 12.1. The molecule has 86 valence electrons. The lowest BCUT2D eigenvalue weighted by atomic mass is 10.2. The second-order valence-corrected chi connectivity index (χ2v) is 3.44. The number of carbonyl (C=O) groups excluding carboxylic acids is 1. The van der Waals surface area contributed by atoms with E-state index in [1.54, 1.807) is 31.3 Å². The molecule has 5 heteroatoms. The van der Waals surface area contributed by atoms with Crippen molar-refractivity contribution in [1.29, 1.82) is 0 Å². The average Bonchev–Trinajstić information content (AvgIpc) is 2.28. The Morgan fingerprint density at radius 3 is 2.44 bits per heavy atom. The van der Waals surface area contributed by atoms with Gasteiger partial charge in [-0.3, -0.25) is 9.59 Å². The molecule has 1 aromatic rings. The molecule has 0 bridgehead atoms. The number of nitrogens with zero attached hydrogens (tertiary/aromatic N) is 1. The van der Waals surface area contributed by atoms with Gasteiger partial charge in [0.1, 0.15) is 6.04 Å². The highest BCUT2D eigenvalue weighted by atomic mass is 16.4. The van der Waals surface area contributed by atoms with E-state index in [0.717, 1.165) is 0 Å². The van der Waals surface area contributed by atoms with Gasteiger partial charge in [-0.25, -0.2) is 0 Å². The van der Waals surface area contributed by atoms with Crippen molar-refractivity contribution in [3.63, 3.8) is 0 Å². The van der Waals surface area contributed by atoms with Crippen molar-refractivity contribution in [2.75, 3.05) is 11.9 Å². The normalized spacial score (nSPS) is 11.9. The number of carbonyl (C=O) groups is 2. The highest BCUT2D eigenvalue weighted by molar-refractivity contribution is 5.95. The number of carboxylic acids is 1. The van der Waals surface area contributed by atoms with E-state index in [-0.39, 0.29) is 12.3 Å². The van der Waals surface area contributed by atoms with Crippen LogP contribution in [0.1, 0.15) is 6.42 Å². The van der Waals surface area contributed by atoms with Crippen molar-refractivity contribution in [3.8, 4) is 0 Å². The number of benzene rings is 1. The standard InChI is InChI=1S/C11H14N2O3/c1-13(8-5-3-2-4-6-8)10(14)7-9(12)11(15)16/h2-6,9H,7,12H2,1H3,(H,15,16). The molecule has 1 rings (SSSR count). The second-order valence-electron chi connectivity index (χ2n) is 3.44. The number of amides is 1. The summed E-state index contributed by atoms with van der Waals surface area (Å²) in [4.78, 5) is 23.5. The van der Waals surface area contributed by atoms with Crippen molar-refractivity contribution >= 4 is 17.6 Å². The number of hydrogen-bond acceptors (Lipinski definition) is 3. The number of hydrogen-bond donors (Lipinski definition) is 2. The maximum atomic E-state index is 11.6. The van der Waals surface area contributed by atoms with Crippen LogP contribution in [0.15, 0.2) is 30.3 Å². The van der Waals surface area contributed by atoms with Gasteiger partial charge >= 0.3 is 5.97 Å². The van der Waals surface area contributed by atoms with Crippen LogP contribution in [0.2, 0.25) is 0 Å². The van der Waals surface area contributed by atoms with Gasteiger partial charge in [0.25, 0.3) is 0 Å². The predicted octanol–water partition coefficient (Wildman–Crippen LogP) is 0.451. The van der Waals surface area contributed by atoms with Crippen LogP contribution < -0.4 is 10.6 Å². The lowest BCUT2D eigenvalue weighted by molar-refractivity contribution is -0.140. The molecule has 0 radical (unpaired) electrons. The van der Waals surface area contributed by atoms with Crippen molar-refractivity contribution in [2.45, 2.75) is 12.5 Å². The molecule has 0 saturated carbocycles. The molecule has 5 nitrogen and oxygen atoms in total. The monoisotopic (exact) mass is 222 g/mol. The van der Waals surface area contributed by atoms with E-state index in [1.807, 2.05) is 6.07 Å². The number of anilines is 1. The minimum atomic E-state index is -1.17. The number of nitrogens with two attached hydrogens (primary N) is 1. The Hall–Kier alpha value is -1.88. The van der Waals surface area contributed by atoms with E-state index >= 15 is 0 Å². The summed E-state index contributed by atoms with van der Waals surface area (Å²) < 4.78 is 0. The summed E-state index contributed by atoms with van der Waals surface area (Å²) in [6.45, 7) is 0. The first kappa shape index (κ1) is 12.2. The lowest BCUT2D eigenvalue weighted by Gasteiger charge is -2.18. The molecule has 3 N–H and O–H groups in total. The third-order valence-electron chi connectivity index (χ3n) is 2.23. The average molecular weight is 222 g/mol. The third-order valence-corrected chi connectivity index (χ3v) is 2.23. The first-order valence-electron chi connectivity index (χ1n) is 4.82. The van der Waals surface area contributed by atoms with E-state index in [1.165, 1.54) is 4.90 Å². The fourth-order valence-corrected chi connectivity index (χ4v) is 1.21. The molecule has 0 aliphatic rings. The van der Waals surface area contributed by atoms with Crippen LogP contribution in [0.3, 0.4) is 0 Å². The first-order chi connectivity index (χ1) is 7.52. The highest BCUT2D eigenvalue weighted by Crippen LogP contribution is 2.12. The van der Waals surface area contributed by atoms with Gasteiger partial charge in [0.05, 0.1) is 6.42 Å². The number of para-hydroxylation sites is 1. The van der Waals surface area contributed by atoms with E-state index in [2.05, 4.69) is 0 Å². The minimum absolute atomic E-state index is 0.208. The Bertz CT molecular complexity index is 378. The quantitative estimate of drug-likeness (QED) is 0.774. The Morgan fingerprint density at radius 2 is 1.94 bits per heavy atom. The van der Waals surface area contributed by atoms with E-state index < -0.39 is 12.0 Å². The second kappa shape index (κ2) is 5.27. The molecule has 0 heterocycles. The lowest BCUT2D eigenvalue weighted by Crippen LogP contribution is -2.37. The molecule has 0 spiro atoms. The molecule has 0 aromatic heterocycles. The molecular weight excluding hydrogens is 208 g/mol. The van der Waals surface area contributed by atoms with Crippen LogP contribution in [0.5, 0.6) is 0 Å². The summed E-state index contributed by atoms with van der Waals surface area (Å²) in [5.41, 5.74) is 6.00. The number of rotatable bonds is 4. The Labute approximate surface area is 93.5 Å². The van der Waals surface area contributed by atoms with E-state index in [9.17, 15) is 9.59 Å². The van der Waals surface area contributed by atoms with Gasteiger partial charge < -0.3 is 15.7 Å². The SMILES string of the molecule is CN(C(=O)CC(N)C(=O)O)c1ccccc1. The molecule has 0 saturated heterocycles. The summed E-state index contributed by atoms with van der Waals surface area (Å²) in [6.07, 6.45) is -0.208. The van der Waals surface area contributed by atoms with Crippen LogP contribution in [-0.2, 0) is 9.59 Å². The summed E-state index contributed by atoms with van der Waals surface area (Å²) >= 11 is 0. The fraction of sp³-hybridized carbons (Fsp3) is 0.273. The van der Waals surface area contributed by atoms with Gasteiger partial charge in [-0.05, 0) is 12.1 Å². The smallest absolute Gasteiger partial charge is 0.321 e. The Balaban J connectivity index is 2.65. The van der Waals surface area contributed by atoms with Crippen LogP contribution >= 0.6 is 0 Å². The molecule has 0 fully saturated rings. The first-order valence-corrected chi connectivity index (χ1v) is 4.82. The van der Waals surface area contributed by atoms with Crippen molar-refractivity contribution in [1.82, 2.24) is 0 Å². The zero-order valence-electron chi connectivity index (χ0n) is 8.96. The third kappa shape index (κ3) is 3.06. The molecule has 1 aromatic carbocycles. The number of aliphatic carboxylic acids is 1. The zero-order valence-corrected chi connectivity index (χ0v) is 8.96. The van der Waals surface area contributed by atoms with E-state index in [0.29, 0.717) is 5.69 Å². The molecule has 1 amide bonds. The van der Waals surface area contributed by atoms with Crippen molar-refractivity contribution in [2.24, 2.45) is 5.73 Å². The van der Waals surface area contributed by atoms with Crippen LogP contribution in [0.25, 0.3) is 0 Å². The van der Waals surface area contributed by atoms with Gasteiger partial charge in [-0.1, -0.05) is 18.2 Å². The summed E-state index contributed by atoms with van der Waals surface area (Å²) in [5.74, 6) is -1.49. The molecule has 0 aliphatic heterocycles. The largest absolute Gasteiger partial charge is 0.480 e. The molecule has 0 aliphatic carbocycles. The van der Waals surface area contributed by atoms with Gasteiger partial charge in [0, 0.05) is 12.7 Å². The number of carboxylic acid groups (broad SMARTS) is 1. The van der Waals surface area contributed by atoms with Crippen LogP contribution in [-0.4, -0.2) is 30.1 Å². The molecule has 1 atom stereocenters. The predicted molar refractivity (Wildman–Crippen MR) is 60.1 cm³/mol. The Morgan fingerprint density at radius 1 is 1.38 bits per heavy atom. The Kier molecular flexibility index (Phi) is 4.02. The molecular formula is C11H14N2O3. The summed E-state index contributed by atoms with van der Waals surface area (Å²) in [6, 6.07) is 7.82. The van der Waals surface area contributed by atoms with E-state index in [4.69, 9.17) is 10.8 Å². The van der Waals surface area contributed by atoms with Crippen molar-refractivity contribution < 1.29 is 14.7 Å². The van der Waals surface area contributed by atoms with Gasteiger partial charge in [-0.2, -0.15) is 0 Å². The molecule has 1 unspecified atom stereocenters. The highest BCUT2D eigenvalue weighted by Gasteiger charge is 2.19. The van der Waals surface area contributed by atoms with Gasteiger partial charge in [0.15, 0.2) is 0 Å². The topological polar surface area (TPSA) is 83.6 Å². The van der Waals surface area contributed by atoms with Crippen LogP contribution in [0.4, 0.5) is 5.69 Å². The summed E-state index contributed by atoms with van der Waals surface area (Å²) in [5, 5.41) is 8.59. The van der Waals surface area contributed by atoms with Gasteiger partial charge in [-0.15, -0.1) is 0 Å². The minimum Gasteiger partial charge on any atom is -0.480 e. The van der Waals surface area contributed by atoms with Gasteiger partial charge in [0.2, 0.25) is 5.91 Å². The fourth-order valence-electron chi connectivity index (χ4n) is 1.21. The van der Waals surface area contributed by atoms with Crippen molar-refractivity contribution in [3.05, 3.63) is 30.3 Å². The summed E-state index contributed by atoms with van der Waals surface area (Å²) in [7, 11) is 1.59. The molecule has 16 heavy (non-hydrogen) atoms. The maximum absolute atomic E-state index is 11.6. The maximum Gasteiger partial charge on any atom is 0.321 e. The van der Waals surface area contributed by atoms with Crippen LogP contribution in [0, 0.1) is 0 Å².